The van der Waals surface area contributed by atoms with Crippen molar-refractivity contribution in [2.75, 3.05) is 12.4 Å². The van der Waals surface area contributed by atoms with Crippen LogP contribution in [0.5, 0.6) is 0 Å². The second-order valence-electron chi connectivity index (χ2n) is 3.90. The lowest BCUT2D eigenvalue weighted by Gasteiger charge is -1.96. The summed E-state index contributed by atoms with van der Waals surface area (Å²) < 4.78 is 13.7. The Morgan fingerprint density at radius 2 is 2.11 bits per heavy atom. The molecule has 3 aromatic rings. The standard InChI is InChI=1S/C13H11FN4/c1-15-12-6-10-11(7-16-12)18-13(17-10)8-4-2-3-5-9(8)14/h2-7H,1H3,(H,15,16)(H,17,18). The molecule has 1 aromatic carbocycles. The number of benzene rings is 1. The van der Waals surface area contributed by atoms with Gasteiger partial charge in [-0.25, -0.2) is 14.4 Å². The number of imidazole rings is 1. The van der Waals surface area contributed by atoms with E-state index in [1.807, 2.05) is 6.07 Å². The molecule has 3 rings (SSSR count). The van der Waals surface area contributed by atoms with Gasteiger partial charge in [-0.15, -0.1) is 0 Å². The maximum absolute atomic E-state index is 13.7. The maximum atomic E-state index is 13.7. The van der Waals surface area contributed by atoms with Gasteiger partial charge >= 0.3 is 0 Å². The monoisotopic (exact) mass is 242 g/mol. The minimum atomic E-state index is -0.293. The quantitative estimate of drug-likeness (QED) is 0.726. The summed E-state index contributed by atoms with van der Waals surface area (Å²) in [6, 6.07) is 8.36. The number of nitrogens with zero attached hydrogens (tertiary/aromatic N) is 2. The molecule has 0 aliphatic carbocycles. The van der Waals surface area contributed by atoms with E-state index in [0.717, 1.165) is 16.9 Å². The summed E-state index contributed by atoms with van der Waals surface area (Å²) in [5.41, 5.74) is 2.00. The summed E-state index contributed by atoms with van der Waals surface area (Å²) in [5.74, 6) is 0.950. The molecule has 2 aromatic heterocycles. The van der Waals surface area contributed by atoms with E-state index in [0.29, 0.717) is 11.4 Å². The molecule has 2 N–H and O–H groups in total. The number of hydrogen-bond acceptors (Lipinski definition) is 3. The Hall–Kier alpha value is -2.43. The van der Waals surface area contributed by atoms with Crippen molar-refractivity contribution < 1.29 is 4.39 Å². The van der Waals surface area contributed by atoms with Gasteiger partial charge in [0.2, 0.25) is 0 Å². The molecule has 0 atom stereocenters. The Balaban J connectivity index is 2.17. The first-order valence-electron chi connectivity index (χ1n) is 5.56. The SMILES string of the molecule is CNc1cc2nc(-c3ccccc3F)[nH]c2cn1. The molecule has 0 spiro atoms. The Morgan fingerprint density at radius 1 is 1.28 bits per heavy atom. The van der Waals surface area contributed by atoms with Gasteiger partial charge in [-0.05, 0) is 12.1 Å². The van der Waals surface area contributed by atoms with Gasteiger partial charge in [0.25, 0.3) is 0 Å². The molecule has 18 heavy (non-hydrogen) atoms. The molecule has 0 saturated carbocycles. The fourth-order valence-electron chi connectivity index (χ4n) is 1.83. The highest BCUT2D eigenvalue weighted by atomic mass is 19.1. The molecule has 90 valence electrons. The van der Waals surface area contributed by atoms with Crippen LogP contribution in [0.15, 0.2) is 36.5 Å². The number of H-pyrrole nitrogens is 1. The molecule has 0 saturated heterocycles. The zero-order valence-corrected chi connectivity index (χ0v) is 9.74. The molecule has 4 nitrogen and oxygen atoms in total. The minimum Gasteiger partial charge on any atom is -0.373 e. The zero-order chi connectivity index (χ0) is 12.5. The number of hydrogen-bond donors (Lipinski definition) is 2. The van der Waals surface area contributed by atoms with Crippen molar-refractivity contribution in [1.29, 1.82) is 0 Å². The van der Waals surface area contributed by atoms with Crippen LogP contribution in [0.1, 0.15) is 0 Å². The third kappa shape index (κ3) is 1.69. The maximum Gasteiger partial charge on any atom is 0.141 e. The van der Waals surface area contributed by atoms with E-state index in [-0.39, 0.29) is 5.82 Å². The zero-order valence-electron chi connectivity index (χ0n) is 9.74. The summed E-state index contributed by atoms with van der Waals surface area (Å²) in [6.07, 6.45) is 1.68. The molecule has 0 radical (unpaired) electrons. The Bertz CT molecular complexity index is 705. The fraction of sp³-hybridized carbons (Fsp3) is 0.0769. The van der Waals surface area contributed by atoms with Crippen LogP contribution in [0.3, 0.4) is 0 Å². The predicted octanol–water partition coefficient (Wildman–Crippen LogP) is 2.81. The highest BCUT2D eigenvalue weighted by Gasteiger charge is 2.09. The number of halogens is 1. The van der Waals surface area contributed by atoms with Gasteiger partial charge in [0.05, 0.1) is 22.8 Å². The molecular formula is C13H11FN4. The first kappa shape index (κ1) is 10.7. The largest absolute Gasteiger partial charge is 0.373 e. The van der Waals surface area contributed by atoms with Crippen molar-refractivity contribution in [1.82, 2.24) is 15.0 Å². The van der Waals surface area contributed by atoms with Crippen molar-refractivity contribution in [2.24, 2.45) is 0 Å². The molecule has 0 aliphatic heterocycles. The number of aromatic amines is 1. The lowest BCUT2D eigenvalue weighted by atomic mass is 10.2. The summed E-state index contributed by atoms with van der Waals surface area (Å²) in [6.45, 7) is 0. The number of fused-ring (bicyclic) bond motifs is 1. The van der Waals surface area contributed by atoms with Crippen molar-refractivity contribution >= 4 is 16.9 Å². The van der Waals surface area contributed by atoms with Gasteiger partial charge in [0.15, 0.2) is 0 Å². The van der Waals surface area contributed by atoms with Gasteiger partial charge < -0.3 is 10.3 Å². The average Bonchev–Trinajstić information content (AvgIpc) is 2.81. The van der Waals surface area contributed by atoms with Crippen LogP contribution in [0.2, 0.25) is 0 Å². The normalized spacial score (nSPS) is 10.8. The van der Waals surface area contributed by atoms with Crippen molar-refractivity contribution in [3.05, 3.63) is 42.3 Å². The molecule has 0 fully saturated rings. The molecular weight excluding hydrogens is 231 g/mol. The van der Waals surface area contributed by atoms with Crippen LogP contribution in [-0.4, -0.2) is 22.0 Å². The van der Waals surface area contributed by atoms with Crippen LogP contribution in [0.25, 0.3) is 22.4 Å². The lowest BCUT2D eigenvalue weighted by Crippen LogP contribution is -1.90. The molecule has 0 amide bonds. The Labute approximate surface area is 103 Å². The predicted molar refractivity (Wildman–Crippen MR) is 68.8 cm³/mol. The first-order valence-corrected chi connectivity index (χ1v) is 5.56. The highest BCUT2D eigenvalue weighted by Crippen LogP contribution is 2.23. The Morgan fingerprint density at radius 3 is 2.89 bits per heavy atom. The fourth-order valence-corrected chi connectivity index (χ4v) is 1.83. The summed E-state index contributed by atoms with van der Waals surface area (Å²) >= 11 is 0. The van der Waals surface area contributed by atoms with Crippen molar-refractivity contribution in [3.63, 3.8) is 0 Å². The van der Waals surface area contributed by atoms with E-state index in [1.54, 1.807) is 31.4 Å². The second-order valence-corrected chi connectivity index (χ2v) is 3.90. The van der Waals surface area contributed by atoms with Crippen LogP contribution < -0.4 is 5.32 Å². The second kappa shape index (κ2) is 4.10. The molecule has 0 bridgehead atoms. The highest BCUT2D eigenvalue weighted by molar-refractivity contribution is 5.80. The van der Waals surface area contributed by atoms with Crippen LogP contribution in [-0.2, 0) is 0 Å². The number of anilines is 1. The van der Waals surface area contributed by atoms with E-state index < -0.39 is 0 Å². The lowest BCUT2D eigenvalue weighted by molar-refractivity contribution is 0.630. The van der Waals surface area contributed by atoms with Crippen LogP contribution >= 0.6 is 0 Å². The third-order valence-corrected chi connectivity index (χ3v) is 2.75. The van der Waals surface area contributed by atoms with E-state index >= 15 is 0 Å². The van der Waals surface area contributed by atoms with E-state index in [1.165, 1.54) is 6.07 Å². The van der Waals surface area contributed by atoms with Gasteiger partial charge in [0, 0.05) is 13.1 Å². The average molecular weight is 242 g/mol. The van der Waals surface area contributed by atoms with E-state index in [9.17, 15) is 4.39 Å². The Kier molecular flexibility index (Phi) is 2.44. The number of rotatable bonds is 2. The molecule has 0 aliphatic rings. The number of pyridine rings is 1. The van der Waals surface area contributed by atoms with Crippen molar-refractivity contribution in [3.8, 4) is 11.4 Å². The summed E-state index contributed by atoms with van der Waals surface area (Å²) in [7, 11) is 1.79. The summed E-state index contributed by atoms with van der Waals surface area (Å²) in [5, 5.41) is 2.94. The molecule has 0 unspecified atom stereocenters. The smallest absolute Gasteiger partial charge is 0.141 e. The van der Waals surface area contributed by atoms with Crippen molar-refractivity contribution in [2.45, 2.75) is 0 Å². The van der Waals surface area contributed by atoms with Crippen LogP contribution in [0, 0.1) is 5.82 Å². The summed E-state index contributed by atoms with van der Waals surface area (Å²) in [4.78, 5) is 11.6. The third-order valence-electron chi connectivity index (χ3n) is 2.75. The minimum absolute atomic E-state index is 0.293. The molecule has 2 heterocycles. The van der Waals surface area contributed by atoms with Gasteiger partial charge in [-0.3, -0.25) is 0 Å². The van der Waals surface area contributed by atoms with Gasteiger partial charge in [-0.1, -0.05) is 12.1 Å². The van der Waals surface area contributed by atoms with E-state index in [2.05, 4.69) is 20.3 Å². The number of nitrogens with one attached hydrogen (secondary N) is 2. The topological polar surface area (TPSA) is 53.6 Å². The van der Waals surface area contributed by atoms with Gasteiger partial charge in [0.1, 0.15) is 17.5 Å². The van der Waals surface area contributed by atoms with Crippen LogP contribution in [0.4, 0.5) is 10.2 Å². The number of aromatic nitrogens is 3. The van der Waals surface area contributed by atoms with E-state index in [4.69, 9.17) is 0 Å². The first-order chi connectivity index (χ1) is 8.78. The molecule has 5 heteroatoms. The van der Waals surface area contributed by atoms with Gasteiger partial charge in [-0.2, -0.15) is 0 Å².